The van der Waals surface area contributed by atoms with Gasteiger partial charge in [0.15, 0.2) is 6.04 Å². The molecule has 0 aliphatic carbocycles. The summed E-state index contributed by atoms with van der Waals surface area (Å²) >= 11 is 0. The van der Waals surface area contributed by atoms with E-state index in [1.165, 1.54) is 6.42 Å². The Balaban J connectivity index is 2.31. The lowest BCUT2D eigenvalue weighted by atomic mass is 10.2. The van der Waals surface area contributed by atoms with Crippen molar-refractivity contribution in [2.45, 2.75) is 18.9 Å². The molecule has 2 N–H and O–H groups in total. The maximum Gasteiger partial charge on any atom is 0.173 e. The van der Waals surface area contributed by atoms with Crippen LogP contribution in [0.5, 0.6) is 0 Å². The maximum atomic E-state index is 8.28. The molecule has 1 rings (SSSR count). The van der Waals surface area contributed by atoms with Crippen molar-refractivity contribution in [2.75, 3.05) is 6.54 Å². The lowest BCUT2D eigenvalue weighted by Gasteiger charge is -1.88. The van der Waals surface area contributed by atoms with Crippen LogP contribution in [-0.2, 0) is 0 Å². The molecule has 2 heteroatoms. The first-order chi connectivity index (χ1) is 3.43. The highest BCUT2D eigenvalue weighted by Gasteiger charge is 2.15. The number of hydrogen-bond acceptors (Lipinski definition) is 1. The van der Waals surface area contributed by atoms with E-state index in [-0.39, 0.29) is 6.04 Å². The van der Waals surface area contributed by atoms with E-state index in [9.17, 15) is 0 Å². The molecule has 1 saturated heterocycles. The highest BCUT2D eigenvalue weighted by atomic mass is 14.9. The van der Waals surface area contributed by atoms with Gasteiger partial charge in [0.05, 0.1) is 6.54 Å². The molecule has 0 unspecified atom stereocenters. The monoisotopic (exact) mass is 97.1 g/mol. The second kappa shape index (κ2) is 1.94. The second-order valence-electron chi connectivity index (χ2n) is 1.90. The minimum atomic E-state index is 0.278. The lowest BCUT2D eigenvalue weighted by Crippen LogP contribution is -2.86. The van der Waals surface area contributed by atoms with Gasteiger partial charge in [-0.05, 0) is 0 Å². The van der Waals surface area contributed by atoms with Gasteiger partial charge in [0, 0.05) is 12.8 Å². The van der Waals surface area contributed by atoms with Crippen LogP contribution < -0.4 is 5.32 Å². The van der Waals surface area contributed by atoms with Gasteiger partial charge in [-0.3, -0.25) is 0 Å². The van der Waals surface area contributed by atoms with Crippen LogP contribution in [0.4, 0.5) is 0 Å². The average Bonchev–Trinajstić information content (AvgIpc) is 2.14. The van der Waals surface area contributed by atoms with Crippen LogP contribution in [-0.4, -0.2) is 12.6 Å². The number of nitrogens with two attached hydrogens (primary N) is 1. The van der Waals surface area contributed by atoms with Crippen LogP contribution in [0.1, 0.15) is 12.8 Å². The zero-order chi connectivity index (χ0) is 5.11. The summed E-state index contributed by atoms with van der Waals surface area (Å²) in [6.45, 7) is 1.15. The van der Waals surface area contributed by atoms with Crippen LogP contribution in [0.3, 0.4) is 0 Å². The molecule has 7 heavy (non-hydrogen) atoms. The van der Waals surface area contributed by atoms with E-state index in [1.807, 2.05) is 0 Å². The largest absolute Gasteiger partial charge is 0.332 e. The van der Waals surface area contributed by atoms with Gasteiger partial charge < -0.3 is 5.32 Å². The molecule has 2 nitrogen and oxygen atoms in total. The van der Waals surface area contributed by atoms with Crippen molar-refractivity contribution < 1.29 is 5.32 Å². The Kier molecular flexibility index (Phi) is 1.28. The first kappa shape index (κ1) is 4.61. The Hall–Kier alpha value is -0.550. The minimum absolute atomic E-state index is 0.278. The molecule has 1 aliphatic heterocycles. The van der Waals surface area contributed by atoms with E-state index in [4.69, 9.17) is 5.26 Å². The molecule has 1 heterocycles. The van der Waals surface area contributed by atoms with Gasteiger partial charge in [-0.1, -0.05) is 0 Å². The SMILES string of the molecule is N#C[C@@H]1CCC[NH2+]1. The smallest absolute Gasteiger partial charge is 0.173 e. The zero-order valence-corrected chi connectivity index (χ0v) is 4.22. The van der Waals surface area contributed by atoms with Crippen molar-refractivity contribution in [2.24, 2.45) is 0 Å². The average molecular weight is 97.1 g/mol. The number of nitrogens with zero attached hydrogens (tertiary/aromatic N) is 1. The molecule has 38 valence electrons. The molecule has 0 amide bonds. The van der Waals surface area contributed by atoms with E-state index < -0.39 is 0 Å². The third kappa shape index (κ3) is 0.908. The highest BCUT2D eigenvalue weighted by Crippen LogP contribution is 1.93. The summed E-state index contributed by atoms with van der Waals surface area (Å²) in [6, 6.07) is 2.49. The maximum absolute atomic E-state index is 8.28. The molecule has 1 fully saturated rings. The fourth-order valence-corrected chi connectivity index (χ4v) is 0.892. The predicted octanol–water partition coefficient (Wildman–Crippen LogP) is -0.764. The summed E-state index contributed by atoms with van der Waals surface area (Å²) in [7, 11) is 0. The van der Waals surface area contributed by atoms with E-state index in [0.29, 0.717) is 0 Å². The van der Waals surface area contributed by atoms with Crippen molar-refractivity contribution in [3.63, 3.8) is 0 Å². The Morgan fingerprint density at radius 2 is 2.57 bits per heavy atom. The third-order valence-corrected chi connectivity index (χ3v) is 1.34. The molecular formula is C5H9N2+. The van der Waals surface area contributed by atoms with E-state index in [1.54, 1.807) is 0 Å². The fraction of sp³-hybridized carbons (Fsp3) is 0.800. The van der Waals surface area contributed by atoms with E-state index in [0.717, 1.165) is 13.0 Å². The van der Waals surface area contributed by atoms with Gasteiger partial charge in [0.1, 0.15) is 6.07 Å². The molecule has 0 bridgehead atoms. The summed E-state index contributed by atoms with van der Waals surface area (Å²) in [4.78, 5) is 0. The van der Waals surface area contributed by atoms with Crippen molar-refractivity contribution in [3.8, 4) is 6.07 Å². The summed E-state index contributed by atoms with van der Waals surface area (Å²) in [5.41, 5.74) is 0. The predicted molar refractivity (Wildman–Crippen MR) is 25.4 cm³/mol. The number of quaternary nitrogens is 1. The Bertz CT molecular complexity index is 86.7. The summed E-state index contributed by atoms with van der Waals surface area (Å²) in [6.07, 6.45) is 2.31. The molecule has 0 radical (unpaired) electrons. The van der Waals surface area contributed by atoms with Crippen LogP contribution in [0.2, 0.25) is 0 Å². The number of rotatable bonds is 0. The third-order valence-electron chi connectivity index (χ3n) is 1.34. The second-order valence-corrected chi connectivity index (χ2v) is 1.90. The molecule has 1 atom stereocenters. The van der Waals surface area contributed by atoms with Crippen molar-refractivity contribution in [1.82, 2.24) is 0 Å². The number of hydrogen-bond donors (Lipinski definition) is 1. The van der Waals surface area contributed by atoms with Crippen molar-refractivity contribution >= 4 is 0 Å². The van der Waals surface area contributed by atoms with Crippen LogP contribution in [0.15, 0.2) is 0 Å². The lowest BCUT2D eigenvalue weighted by molar-refractivity contribution is -0.657. The van der Waals surface area contributed by atoms with Gasteiger partial charge in [-0.25, -0.2) is 0 Å². The molecule has 1 aliphatic rings. The van der Waals surface area contributed by atoms with Crippen molar-refractivity contribution in [1.29, 1.82) is 5.26 Å². The standard InChI is InChI=1S/C5H8N2/c6-4-5-2-1-3-7-5/h5,7H,1-3H2/p+1/t5-/m0/s1. The Morgan fingerprint density at radius 1 is 1.71 bits per heavy atom. The number of nitriles is 1. The first-order valence-electron chi connectivity index (χ1n) is 2.66. The van der Waals surface area contributed by atoms with Gasteiger partial charge in [0.2, 0.25) is 0 Å². The highest BCUT2D eigenvalue weighted by molar-refractivity contribution is 4.82. The first-order valence-corrected chi connectivity index (χ1v) is 2.66. The van der Waals surface area contributed by atoms with Crippen molar-refractivity contribution in [3.05, 3.63) is 0 Å². The zero-order valence-electron chi connectivity index (χ0n) is 4.22. The van der Waals surface area contributed by atoms with Gasteiger partial charge >= 0.3 is 0 Å². The van der Waals surface area contributed by atoms with Gasteiger partial charge in [0.25, 0.3) is 0 Å². The Morgan fingerprint density at radius 3 is 2.86 bits per heavy atom. The molecule has 0 aromatic carbocycles. The summed E-state index contributed by atoms with van der Waals surface area (Å²) in [5.74, 6) is 0. The van der Waals surface area contributed by atoms with E-state index >= 15 is 0 Å². The molecule has 0 spiro atoms. The van der Waals surface area contributed by atoms with Crippen LogP contribution in [0.25, 0.3) is 0 Å². The molecule has 0 aromatic rings. The molecule has 0 aromatic heterocycles. The minimum Gasteiger partial charge on any atom is -0.332 e. The fourth-order valence-electron chi connectivity index (χ4n) is 0.892. The molecular weight excluding hydrogens is 88.1 g/mol. The normalized spacial score (nSPS) is 29.9. The summed E-state index contributed by atoms with van der Waals surface area (Å²) in [5, 5.41) is 10.4. The van der Waals surface area contributed by atoms with Crippen LogP contribution >= 0.6 is 0 Å². The van der Waals surface area contributed by atoms with Gasteiger partial charge in [-0.2, -0.15) is 5.26 Å². The van der Waals surface area contributed by atoms with Gasteiger partial charge in [-0.15, -0.1) is 0 Å². The van der Waals surface area contributed by atoms with Crippen LogP contribution in [0, 0.1) is 11.3 Å². The topological polar surface area (TPSA) is 40.4 Å². The summed E-state index contributed by atoms with van der Waals surface area (Å²) < 4.78 is 0. The Labute approximate surface area is 43.1 Å². The molecule has 0 saturated carbocycles. The quantitative estimate of drug-likeness (QED) is 0.424. The van der Waals surface area contributed by atoms with E-state index in [2.05, 4.69) is 11.4 Å².